The Morgan fingerprint density at radius 2 is 2.17 bits per heavy atom. The SMILES string of the molecule is CCOC(=O)C1=NC(=O)N=C1C. The molecule has 0 aromatic rings. The van der Waals surface area contributed by atoms with Crippen molar-refractivity contribution in [3.8, 4) is 0 Å². The molecule has 0 saturated heterocycles. The molecule has 0 bridgehead atoms. The molecular weight excluding hydrogens is 160 g/mol. The summed E-state index contributed by atoms with van der Waals surface area (Å²) in [7, 11) is 0. The zero-order valence-corrected chi connectivity index (χ0v) is 6.83. The normalized spacial score (nSPS) is 15.7. The lowest BCUT2D eigenvalue weighted by atomic mass is 10.3. The summed E-state index contributed by atoms with van der Waals surface area (Å²) in [6, 6.07) is -0.643. The number of hydrogen-bond acceptors (Lipinski definition) is 3. The van der Waals surface area contributed by atoms with Crippen LogP contribution in [-0.4, -0.2) is 30.0 Å². The minimum atomic E-state index is -0.643. The van der Waals surface area contributed by atoms with E-state index in [1.165, 1.54) is 0 Å². The van der Waals surface area contributed by atoms with Gasteiger partial charge in [-0.25, -0.2) is 9.59 Å². The maximum absolute atomic E-state index is 11.0. The number of carbonyl (C=O) groups is 2. The minimum Gasteiger partial charge on any atom is -0.461 e. The van der Waals surface area contributed by atoms with Crippen LogP contribution in [0.15, 0.2) is 9.98 Å². The summed E-state index contributed by atoms with van der Waals surface area (Å²) in [5.41, 5.74) is 0.334. The van der Waals surface area contributed by atoms with Crippen LogP contribution in [0.1, 0.15) is 13.8 Å². The standard InChI is InChI=1S/C7H8N2O3/c1-3-12-6(10)5-4(2)8-7(11)9-5/h3H2,1-2H3. The minimum absolute atomic E-state index is 0.0156. The van der Waals surface area contributed by atoms with E-state index < -0.39 is 12.0 Å². The second-order valence-electron chi connectivity index (χ2n) is 2.16. The third-order valence-electron chi connectivity index (χ3n) is 1.28. The summed E-state index contributed by atoms with van der Waals surface area (Å²) in [6.07, 6.45) is 0. The topological polar surface area (TPSA) is 68.1 Å². The number of nitrogens with zero attached hydrogens (tertiary/aromatic N) is 2. The number of carbonyl (C=O) groups excluding carboxylic acids is 2. The molecule has 1 aliphatic rings. The lowest BCUT2D eigenvalue weighted by molar-refractivity contribution is -0.134. The van der Waals surface area contributed by atoms with Crippen LogP contribution in [0.25, 0.3) is 0 Å². The molecule has 0 aliphatic carbocycles. The fraction of sp³-hybridized carbons (Fsp3) is 0.429. The molecule has 1 rings (SSSR count). The molecule has 0 atom stereocenters. The van der Waals surface area contributed by atoms with Crippen molar-refractivity contribution in [3.05, 3.63) is 0 Å². The molecule has 0 aromatic heterocycles. The number of amides is 2. The van der Waals surface area contributed by atoms with Crippen LogP contribution in [-0.2, 0) is 9.53 Å². The molecule has 5 heteroatoms. The number of esters is 1. The van der Waals surface area contributed by atoms with Crippen molar-refractivity contribution in [2.75, 3.05) is 6.61 Å². The maximum atomic E-state index is 11.0. The van der Waals surface area contributed by atoms with Gasteiger partial charge in [-0.2, -0.15) is 9.98 Å². The first-order valence-electron chi connectivity index (χ1n) is 3.50. The maximum Gasteiger partial charge on any atom is 0.368 e. The van der Waals surface area contributed by atoms with E-state index in [0.717, 1.165) is 0 Å². The monoisotopic (exact) mass is 168 g/mol. The molecule has 64 valence electrons. The lowest BCUT2D eigenvalue weighted by Crippen LogP contribution is -2.22. The summed E-state index contributed by atoms with van der Waals surface area (Å²) in [6.45, 7) is 3.49. The molecule has 5 nitrogen and oxygen atoms in total. The number of hydrogen-bond donors (Lipinski definition) is 0. The lowest BCUT2D eigenvalue weighted by Gasteiger charge is -1.98. The Morgan fingerprint density at radius 1 is 1.50 bits per heavy atom. The van der Waals surface area contributed by atoms with Crippen LogP contribution in [0.3, 0.4) is 0 Å². The van der Waals surface area contributed by atoms with Gasteiger partial charge < -0.3 is 4.74 Å². The summed E-state index contributed by atoms with van der Waals surface area (Å²) in [4.78, 5) is 28.4. The Bertz CT molecular complexity index is 291. The molecule has 0 saturated carbocycles. The van der Waals surface area contributed by atoms with E-state index in [2.05, 4.69) is 14.7 Å². The van der Waals surface area contributed by atoms with Gasteiger partial charge in [0.2, 0.25) is 0 Å². The Hall–Kier alpha value is -1.52. The molecule has 1 aliphatic heterocycles. The van der Waals surface area contributed by atoms with Crippen molar-refractivity contribution in [2.45, 2.75) is 13.8 Å². The van der Waals surface area contributed by atoms with Gasteiger partial charge in [0.1, 0.15) is 0 Å². The molecule has 2 amide bonds. The van der Waals surface area contributed by atoms with Gasteiger partial charge in [0, 0.05) is 0 Å². The molecule has 0 unspecified atom stereocenters. The van der Waals surface area contributed by atoms with Crippen LogP contribution in [0.2, 0.25) is 0 Å². The molecule has 0 aromatic carbocycles. The third kappa shape index (κ3) is 1.55. The fourth-order valence-corrected chi connectivity index (χ4v) is 0.791. The van der Waals surface area contributed by atoms with E-state index in [1.54, 1.807) is 13.8 Å². The first-order chi connectivity index (χ1) is 5.65. The highest BCUT2D eigenvalue weighted by Gasteiger charge is 2.23. The third-order valence-corrected chi connectivity index (χ3v) is 1.28. The van der Waals surface area contributed by atoms with Gasteiger partial charge in [0.05, 0.1) is 12.3 Å². The second-order valence-corrected chi connectivity index (χ2v) is 2.16. The van der Waals surface area contributed by atoms with Gasteiger partial charge >= 0.3 is 12.0 Å². The zero-order chi connectivity index (χ0) is 9.14. The average Bonchev–Trinajstić information content (AvgIpc) is 2.30. The van der Waals surface area contributed by atoms with Crippen molar-refractivity contribution in [1.29, 1.82) is 0 Å². The molecular formula is C7H8N2O3. The molecule has 0 N–H and O–H groups in total. The number of aliphatic imine (C=N–C) groups is 2. The predicted molar refractivity (Wildman–Crippen MR) is 42.6 cm³/mol. The van der Waals surface area contributed by atoms with Crippen molar-refractivity contribution >= 4 is 23.4 Å². The zero-order valence-electron chi connectivity index (χ0n) is 6.83. The summed E-state index contributed by atoms with van der Waals surface area (Å²) in [5, 5.41) is 0. The van der Waals surface area contributed by atoms with Gasteiger partial charge in [0.15, 0.2) is 5.71 Å². The summed E-state index contributed by atoms with van der Waals surface area (Å²) < 4.78 is 4.64. The Labute approximate surface area is 69.2 Å². The number of ether oxygens (including phenoxy) is 1. The van der Waals surface area contributed by atoms with Gasteiger partial charge in [-0.15, -0.1) is 0 Å². The summed E-state index contributed by atoms with van der Waals surface area (Å²) in [5.74, 6) is -0.593. The second kappa shape index (κ2) is 3.25. The van der Waals surface area contributed by atoms with Crippen LogP contribution < -0.4 is 0 Å². The number of urea groups is 1. The van der Waals surface area contributed by atoms with Crippen molar-refractivity contribution in [3.63, 3.8) is 0 Å². The van der Waals surface area contributed by atoms with E-state index in [-0.39, 0.29) is 12.3 Å². The van der Waals surface area contributed by atoms with E-state index in [1.807, 2.05) is 0 Å². The van der Waals surface area contributed by atoms with Crippen LogP contribution in [0.4, 0.5) is 4.79 Å². The van der Waals surface area contributed by atoms with Gasteiger partial charge in [0.25, 0.3) is 0 Å². The van der Waals surface area contributed by atoms with E-state index in [0.29, 0.717) is 5.71 Å². The first kappa shape index (κ1) is 8.58. The molecule has 0 radical (unpaired) electrons. The highest BCUT2D eigenvalue weighted by molar-refractivity contribution is 6.68. The van der Waals surface area contributed by atoms with E-state index in [9.17, 15) is 9.59 Å². The quantitative estimate of drug-likeness (QED) is 0.566. The van der Waals surface area contributed by atoms with Crippen LogP contribution in [0, 0.1) is 0 Å². The Balaban J connectivity index is 2.78. The largest absolute Gasteiger partial charge is 0.461 e. The predicted octanol–water partition coefficient (Wildman–Crippen LogP) is 0.585. The Kier molecular flexibility index (Phi) is 2.32. The highest BCUT2D eigenvalue weighted by Crippen LogP contribution is 2.00. The Morgan fingerprint density at radius 3 is 2.58 bits per heavy atom. The van der Waals surface area contributed by atoms with Gasteiger partial charge in [-0.1, -0.05) is 0 Å². The van der Waals surface area contributed by atoms with E-state index in [4.69, 9.17) is 0 Å². The van der Waals surface area contributed by atoms with Crippen LogP contribution in [0.5, 0.6) is 0 Å². The fourth-order valence-electron chi connectivity index (χ4n) is 0.791. The van der Waals surface area contributed by atoms with Crippen molar-refractivity contribution in [2.24, 2.45) is 9.98 Å². The molecule has 1 heterocycles. The highest BCUT2D eigenvalue weighted by atomic mass is 16.5. The first-order valence-corrected chi connectivity index (χ1v) is 3.50. The average molecular weight is 168 g/mol. The molecule has 0 fully saturated rings. The van der Waals surface area contributed by atoms with E-state index >= 15 is 0 Å². The summed E-state index contributed by atoms with van der Waals surface area (Å²) >= 11 is 0. The smallest absolute Gasteiger partial charge is 0.368 e. The number of rotatable bonds is 2. The van der Waals surface area contributed by atoms with Crippen molar-refractivity contribution in [1.82, 2.24) is 0 Å². The van der Waals surface area contributed by atoms with Crippen molar-refractivity contribution < 1.29 is 14.3 Å². The molecule has 0 spiro atoms. The van der Waals surface area contributed by atoms with Gasteiger partial charge in [-0.05, 0) is 13.8 Å². The van der Waals surface area contributed by atoms with Gasteiger partial charge in [-0.3, -0.25) is 0 Å². The van der Waals surface area contributed by atoms with Crippen LogP contribution >= 0.6 is 0 Å². The molecule has 12 heavy (non-hydrogen) atoms.